The lowest BCUT2D eigenvalue weighted by atomic mass is 9.94. The van der Waals surface area contributed by atoms with Crippen molar-refractivity contribution in [3.8, 4) is 11.8 Å². The summed E-state index contributed by atoms with van der Waals surface area (Å²) in [6.45, 7) is 2.52. The fourth-order valence-corrected chi connectivity index (χ4v) is 4.48. The molecule has 2 heterocycles. The van der Waals surface area contributed by atoms with Crippen LogP contribution in [0.4, 0.5) is 10.1 Å². The predicted octanol–water partition coefficient (Wildman–Crippen LogP) is 3.82. The van der Waals surface area contributed by atoms with Crippen molar-refractivity contribution in [3.63, 3.8) is 0 Å². The van der Waals surface area contributed by atoms with Crippen molar-refractivity contribution >= 4 is 11.6 Å². The third-order valence-corrected chi connectivity index (χ3v) is 6.68. The van der Waals surface area contributed by atoms with Crippen molar-refractivity contribution in [3.05, 3.63) is 77.4 Å². The van der Waals surface area contributed by atoms with E-state index in [1.165, 1.54) is 37.6 Å². The first-order chi connectivity index (χ1) is 17.9. The van der Waals surface area contributed by atoms with Crippen LogP contribution in [0.15, 0.2) is 54.6 Å². The number of nitrogens with zero attached hydrogens (tertiary/aromatic N) is 4. The highest BCUT2D eigenvalue weighted by Gasteiger charge is 2.29. The van der Waals surface area contributed by atoms with Gasteiger partial charge in [0.15, 0.2) is 5.82 Å². The standard InChI is InChI=1S/C28H34FN5O3/c1-33(2)23-11-5-19(6-12-23)18-34-15-13-21(14-16-34)28(35)32-26(20-7-9-22(29)10-8-20)27-30-24(36-3)17-25(31-27)37-4/h5-12,17,21,26H,13-16,18H2,1-4H3,(H,32,35). The molecule has 1 N–H and O–H groups in total. The second kappa shape index (κ2) is 12.0. The Morgan fingerprint density at radius 3 is 2.16 bits per heavy atom. The predicted molar refractivity (Wildman–Crippen MR) is 140 cm³/mol. The summed E-state index contributed by atoms with van der Waals surface area (Å²) >= 11 is 0. The van der Waals surface area contributed by atoms with Crippen LogP contribution in [0.1, 0.15) is 35.8 Å². The highest BCUT2D eigenvalue weighted by molar-refractivity contribution is 5.79. The van der Waals surface area contributed by atoms with Crippen LogP contribution in [0.5, 0.6) is 11.8 Å². The maximum absolute atomic E-state index is 13.6. The van der Waals surface area contributed by atoms with Gasteiger partial charge in [-0.2, -0.15) is 9.97 Å². The molecule has 1 atom stereocenters. The molecule has 1 amide bonds. The fourth-order valence-electron chi connectivity index (χ4n) is 4.48. The van der Waals surface area contributed by atoms with E-state index in [0.717, 1.165) is 32.5 Å². The normalized spacial score (nSPS) is 15.2. The molecule has 1 aliphatic rings. The number of nitrogens with one attached hydrogen (secondary N) is 1. The van der Waals surface area contributed by atoms with Gasteiger partial charge in [-0.3, -0.25) is 9.69 Å². The van der Waals surface area contributed by atoms with Crippen LogP contribution in [0.3, 0.4) is 0 Å². The molecule has 0 radical (unpaired) electrons. The van der Waals surface area contributed by atoms with Gasteiger partial charge in [-0.05, 0) is 61.3 Å². The smallest absolute Gasteiger partial charge is 0.224 e. The molecule has 196 valence electrons. The van der Waals surface area contributed by atoms with Crippen LogP contribution in [-0.4, -0.2) is 62.2 Å². The number of halogens is 1. The van der Waals surface area contributed by atoms with Crippen LogP contribution in [0, 0.1) is 11.7 Å². The van der Waals surface area contributed by atoms with Gasteiger partial charge in [0.05, 0.1) is 20.3 Å². The van der Waals surface area contributed by atoms with Gasteiger partial charge >= 0.3 is 0 Å². The quantitative estimate of drug-likeness (QED) is 0.472. The molecule has 0 spiro atoms. The highest BCUT2D eigenvalue weighted by Crippen LogP contribution is 2.27. The zero-order valence-electron chi connectivity index (χ0n) is 21.8. The summed E-state index contributed by atoms with van der Waals surface area (Å²) in [5.74, 6) is 0.374. The number of carbonyl (C=O) groups excluding carboxylic acids is 1. The van der Waals surface area contributed by atoms with E-state index >= 15 is 0 Å². The van der Waals surface area contributed by atoms with E-state index < -0.39 is 6.04 Å². The second-order valence-corrected chi connectivity index (χ2v) is 9.42. The third-order valence-electron chi connectivity index (χ3n) is 6.68. The highest BCUT2D eigenvalue weighted by atomic mass is 19.1. The van der Waals surface area contributed by atoms with Gasteiger partial charge in [-0.15, -0.1) is 0 Å². The average Bonchev–Trinajstić information content (AvgIpc) is 2.92. The van der Waals surface area contributed by atoms with E-state index in [9.17, 15) is 9.18 Å². The summed E-state index contributed by atoms with van der Waals surface area (Å²) < 4.78 is 24.2. The van der Waals surface area contributed by atoms with E-state index in [2.05, 4.69) is 49.4 Å². The summed E-state index contributed by atoms with van der Waals surface area (Å²) in [5.41, 5.74) is 3.10. The summed E-state index contributed by atoms with van der Waals surface area (Å²) in [5, 5.41) is 3.10. The summed E-state index contributed by atoms with van der Waals surface area (Å²) in [4.78, 5) is 26.7. The first-order valence-corrected chi connectivity index (χ1v) is 12.4. The van der Waals surface area contributed by atoms with Gasteiger partial charge in [0, 0.05) is 32.2 Å². The lowest BCUT2D eigenvalue weighted by Crippen LogP contribution is -2.41. The number of rotatable bonds is 9. The molecule has 0 bridgehead atoms. The van der Waals surface area contributed by atoms with E-state index in [0.29, 0.717) is 23.1 Å². The number of ether oxygens (including phenoxy) is 2. The molecule has 1 saturated heterocycles. The first-order valence-electron chi connectivity index (χ1n) is 12.4. The molecular formula is C28H34FN5O3. The zero-order chi connectivity index (χ0) is 26.4. The molecule has 3 aromatic rings. The Kier molecular flexibility index (Phi) is 8.55. The number of piperidine rings is 1. The Morgan fingerprint density at radius 1 is 1.03 bits per heavy atom. The van der Waals surface area contributed by atoms with Gasteiger partial charge in [-0.25, -0.2) is 4.39 Å². The van der Waals surface area contributed by atoms with Gasteiger partial charge in [0.25, 0.3) is 0 Å². The van der Waals surface area contributed by atoms with Crippen molar-refractivity contribution in [1.82, 2.24) is 20.2 Å². The van der Waals surface area contributed by atoms with Crippen LogP contribution in [-0.2, 0) is 11.3 Å². The number of carbonyl (C=O) groups is 1. The first kappa shape index (κ1) is 26.3. The maximum atomic E-state index is 13.6. The van der Waals surface area contributed by atoms with Crippen molar-refractivity contribution in [2.24, 2.45) is 5.92 Å². The van der Waals surface area contributed by atoms with E-state index in [1.807, 2.05) is 14.1 Å². The molecule has 1 aromatic heterocycles. The Bertz CT molecular complexity index is 1160. The van der Waals surface area contributed by atoms with Gasteiger partial charge in [-0.1, -0.05) is 24.3 Å². The lowest BCUT2D eigenvalue weighted by Gasteiger charge is -2.32. The number of benzene rings is 2. The Balaban J connectivity index is 1.44. The zero-order valence-corrected chi connectivity index (χ0v) is 21.8. The molecule has 1 fully saturated rings. The van der Waals surface area contributed by atoms with Gasteiger partial charge in [0.2, 0.25) is 17.7 Å². The van der Waals surface area contributed by atoms with E-state index in [1.54, 1.807) is 18.2 Å². The summed E-state index contributed by atoms with van der Waals surface area (Å²) in [6, 6.07) is 15.4. The second-order valence-electron chi connectivity index (χ2n) is 9.42. The molecule has 1 unspecified atom stereocenters. The average molecular weight is 508 g/mol. The number of amides is 1. The van der Waals surface area contributed by atoms with E-state index in [4.69, 9.17) is 9.47 Å². The molecule has 0 aliphatic carbocycles. The van der Waals surface area contributed by atoms with Crippen LogP contribution in [0.25, 0.3) is 0 Å². The molecule has 2 aromatic carbocycles. The third kappa shape index (κ3) is 6.74. The molecule has 37 heavy (non-hydrogen) atoms. The molecule has 8 nitrogen and oxygen atoms in total. The van der Waals surface area contributed by atoms with Gasteiger partial charge < -0.3 is 19.7 Å². The van der Waals surface area contributed by atoms with Crippen molar-refractivity contribution in [2.45, 2.75) is 25.4 Å². The number of methoxy groups -OCH3 is 2. The summed E-state index contributed by atoms with van der Waals surface area (Å²) in [7, 11) is 7.06. The van der Waals surface area contributed by atoms with Crippen LogP contribution < -0.4 is 19.7 Å². The Morgan fingerprint density at radius 2 is 1.62 bits per heavy atom. The number of hydrogen-bond donors (Lipinski definition) is 1. The summed E-state index contributed by atoms with van der Waals surface area (Å²) in [6.07, 6.45) is 1.50. The Labute approximate surface area is 217 Å². The maximum Gasteiger partial charge on any atom is 0.224 e. The van der Waals surface area contributed by atoms with Crippen LogP contribution in [0.2, 0.25) is 0 Å². The van der Waals surface area contributed by atoms with Crippen molar-refractivity contribution in [1.29, 1.82) is 0 Å². The number of anilines is 1. The number of aromatic nitrogens is 2. The minimum atomic E-state index is -0.676. The minimum absolute atomic E-state index is 0.0744. The monoisotopic (exact) mass is 507 g/mol. The molecule has 4 rings (SSSR count). The molecule has 9 heteroatoms. The molecule has 0 saturated carbocycles. The van der Waals surface area contributed by atoms with E-state index in [-0.39, 0.29) is 17.6 Å². The topological polar surface area (TPSA) is 79.8 Å². The fraction of sp³-hybridized carbons (Fsp3) is 0.393. The van der Waals surface area contributed by atoms with Crippen LogP contribution >= 0.6 is 0 Å². The lowest BCUT2D eigenvalue weighted by molar-refractivity contribution is -0.127. The molecular weight excluding hydrogens is 473 g/mol. The Hall–Kier alpha value is -3.72. The SMILES string of the molecule is COc1cc(OC)nc(C(NC(=O)C2CCN(Cc3ccc(N(C)C)cc3)CC2)c2ccc(F)cc2)n1. The van der Waals surface area contributed by atoms with Crippen molar-refractivity contribution < 1.29 is 18.7 Å². The van der Waals surface area contributed by atoms with Gasteiger partial charge in [0.1, 0.15) is 11.9 Å². The minimum Gasteiger partial charge on any atom is -0.481 e. The molecule has 1 aliphatic heterocycles. The largest absolute Gasteiger partial charge is 0.481 e. The number of hydrogen-bond acceptors (Lipinski definition) is 7. The van der Waals surface area contributed by atoms with Crippen molar-refractivity contribution in [2.75, 3.05) is 46.3 Å². The number of likely N-dealkylation sites (tertiary alicyclic amines) is 1.